The van der Waals surface area contributed by atoms with Gasteiger partial charge in [0.25, 0.3) is 0 Å². The Kier molecular flexibility index (Phi) is 8.13. The maximum atomic E-state index is 10.3. The normalized spacial score (nSPS) is 19.9. The van der Waals surface area contributed by atoms with E-state index in [0.717, 1.165) is 43.5 Å². The Morgan fingerprint density at radius 1 is 1.50 bits per heavy atom. The van der Waals surface area contributed by atoms with Crippen LogP contribution in [0, 0.1) is 11.3 Å². The van der Waals surface area contributed by atoms with E-state index in [-0.39, 0.29) is 20.2 Å². The molecule has 6 heteroatoms. The van der Waals surface area contributed by atoms with Crippen molar-refractivity contribution in [1.82, 2.24) is 5.32 Å². The first-order chi connectivity index (χ1) is 10.5. The summed E-state index contributed by atoms with van der Waals surface area (Å²) in [7, 11) is 1.67. The first kappa shape index (κ1) is 18.7. The summed E-state index contributed by atoms with van der Waals surface area (Å²) in [6, 6.07) is 2.05. The maximum absolute atomic E-state index is 10.3. The molecule has 22 heavy (non-hydrogen) atoms. The lowest BCUT2D eigenvalue weighted by atomic mass is 9.92. The van der Waals surface area contributed by atoms with Crippen LogP contribution in [0.1, 0.15) is 34.0 Å². The number of aliphatic hydroxyl groups is 2. The third kappa shape index (κ3) is 5.78. The Morgan fingerprint density at radius 3 is 2.91 bits per heavy atom. The number of rotatable bonds is 9. The zero-order valence-electron chi connectivity index (χ0n) is 13.4. The van der Waals surface area contributed by atoms with Gasteiger partial charge in [0, 0.05) is 27.4 Å². The van der Waals surface area contributed by atoms with E-state index in [1.54, 1.807) is 7.11 Å². The molecule has 0 amide bonds. The van der Waals surface area contributed by atoms with Crippen LogP contribution in [-0.4, -0.2) is 49.5 Å². The molecule has 0 radical (unpaired) electrons. The fourth-order valence-electron chi connectivity index (χ4n) is 2.42. The Hall–Kier alpha value is -1.39. The molecule has 1 rings (SSSR count). The number of aliphatic hydroxyl groups excluding tert-OH is 1. The van der Waals surface area contributed by atoms with Gasteiger partial charge < -0.3 is 25.0 Å². The van der Waals surface area contributed by atoms with Gasteiger partial charge in [0.15, 0.2) is 5.79 Å². The zero-order chi connectivity index (χ0) is 16.4. The van der Waals surface area contributed by atoms with Gasteiger partial charge in [-0.1, -0.05) is 0 Å². The van der Waals surface area contributed by atoms with Crippen molar-refractivity contribution < 1.29 is 21.1 Å². The molecule has 0 saturated heterocycles. The Balaban J connectivity index is 0.00000484. The fraction of sp³-hybridized carbons (Fsp3) is 0.688. The number of hydrogen-bond acceptors (Lipinski definition) is 6. The van der Waals surface area contributed by atoms with Crippen molar-refractivity contribution in [1.29, 1.82) is 5.26 Å². The molecule has 0 aromatic rings. The van der Waals surface area contributed by atoms with E-state index in [0.29, 0.717) is 6.61 Å². The van der Waals surface area contributed by atoms with Gasteiger partial charge in [-0.2, -0.15) is 5.26 Å². The van der Waals surface area contributed by atoms with Crippen molar-refractivity contribution in [3.63, 3.8) is 0 Å². The summed E-state index contributed by atoms with van der Waals surface area (Å²) >= 11 is 0. The van der Waals surface area contributed by atoms with Crippen LogP contribution in [0.3, 0.4) is 0 Å². The molecule has 0 bridgehead atoms. The largest absolute Gasteiger partial charge is 0.394 e. The van der Waals surface area contributed by atoms with Crippen LogP contribution >= 0.6 is 0 Å². The average molecular weight is 312 g/mol. The minimum absolute atomic E-state index is 0. The van der Waals surface area contributed by atoms with Gasteiger partial charge in [0.2, 0.25) is 0 Å². The summed E-state index contributed by atoms with van der Waals surface area (Å²) in [5, 5.41) is 31.8. The van der Waals surface area contributed by atoms with Gasteiger partial charge in [0.1, 0.15) is 6.07 Å². The Morgan fingerprint density at radius 2 is 2.27 bits per heavy atom. The van der Waals surface area contributed by atoms with Gasteiger partial charge >= 0.3 is 0 Å². The van der Waals surface area contributed by atoms with Crippen LogP contribution in [0.5, 0.6) is 0 Å². The van der Waals surface area contributed by atoms with E-state index in [1.807, 2.05) is 12.1 Å². The predicted molar refractivity (Wildman–Crippen MR) is 84.8 cm³/mol. The summed E-state index contributed by atoms with van der Waals surface area (Å²) in [6.45, 7) is 2.73. The third-order valence-electron chi connectivity index (χ3n) is 3.49. The van der Waals surface area contributed by atoms with Crippen molar-refractivity contribution in [3.8, 4) is 6.07 Å². The second-order valence-corrected chi connectivity index (χ2v) is 5.36. The highest BCUT2D eigenvalue weighted by Gasteiger charge is 2.30. The highest BCUT2D eigenvalue weighted by Crippen LogP contribution is 2.29. The van der Waals surface area contributed by atoms with E-state index in [9.17, 15) is 10.4 Å². The summed E-state index contributed by atoms with van der Waals surface area (Å²) in [5.74, 6) is -1.68. The van der Waals surface area contributed by atoms with E-state index >= 15 is 0 Å². The highest BCUT2D eigenvalue weighted by molar-refractivity contribution is 5.41. The fourth-order valence-corrected chi connectivity index (χ4v) is 2.42. The minimum Gasteiger partial charge on any atom is -0.394 e. The van der Waals surface area contributed by atoms with Gasteiger partial charge in [-0.05, 0) is 44.3 Å². The van der Waals surface area contributed by atoms with Crippen molar-refractivity contribution in [3.05, 3.63) is 22.9 Å². The molecule has 0 aromatic carbocycles. The monoisotopic (exact) mass is 312 g/mol. The molecule has 126 valence electrons. The first-order valence-corrected chi connectivity index (χ1v) is 7.59. The van der Waals surface area contributed by atoms with Gasteiger partial charge in [-0.25, -0.2) is 0 Å². The lowest BCUT2D eigenvalue weighted by molar-refractivity contribution is -0.164. The van der Waals surface area contributed by atoms with Gasteiger partial charge in [0.05, 0.1) is 18.8 Å². The molecule has 6 nitrogen and oxygen atoms in total. The zero-order valence-corrected chi connectivity index (χ0v) is 13.4. The van der Waals surface area contributed by atoms with Gasteiger partial charge in [-0.3, -0.25) is 0 Å². The molecule has 3 N–H and O–H groups in total. The molecule has 0 spiro atoms. The molecule has 0 saturated carbocycles. The number of allylic oxidation sites excluding steroid dienone is 3. The Labute approximate surface area is 133 Å². The Bertz CT molecular complexity index is 455. The van der Waals surface area contributed by atoms with E-state index in [1.165, 1.54) is 6.92 Å². The van der Waals surface area contributed by atoms with Crippen LogP contribution < -0.4 is 5.32 Å². The molecular formula is C16H28N2O4. The van der Waals surface area contributed by atoms with Crippen LogP contribution in [0.15, 0.2) is 22.9 Å². The number of hydrogen-bond donors (Lipinski definition) is 3. The van der Waals surface area contributed by atoms with Crippen molar-refractivity contribution >= 4 is 0 Å². The second kappa shape index (κ2) is 9.59. The number of ether oxygens (including phenoxy) is 2. The molecule has 1 aliphatic carbocycles. The number of nitriles is 1. The van der Waals surface area contributed by atoms with E-state index in [4.69, 9.17) is 14.6 Å². The quantitative estimate of drug-likeness (QED) is 0.339. The van der Waals surface area contributed by atoms with Crippen LogP contribution in [0.25, 0.3) is 0 Å². The summed E-state index contributed by atoms with van der Waals surface area (Å²) < 4.78 is 10.2. The topological polar surface area (TPSA) is 94.7 Å². The molecule has 1 unspecified atom stereocenters. The number of nitrogens with one attached hydrogen (secondary N) is 1. The van der Waals surface area contributed by atoms with Crippen LogP contribution in [-0.2, 0) is 9.47 Å². The lowest BCUT2D eigenvalue weighted by Gasteiger charge is -2.26. The number of methoxy groups -OCH3 is 1. The van der Waals surface area contributed by atoms with Crippen LogP contribution in [0.2, 0.25) is 0 Å². The summed E-state index contributed by atoms with van der Waals surface area (Å²) in [5.41, 5.74) is 2.05. The molecular weight excluding hydrogens is 284 g/mol. The predicted octanol–water partition coefficient (Wildman–Crippen LogP) is 1.46. The lowest BCUT2D eigenvalue weighted by Crippen LogP contribution is -2.33. The standard InChI is InChI=1S/C16H26N2O4.H2/c1-16(20,22-10-8-19)15(12-17)13-5-3-6-14(11-13)18-7-4-9-21-2;/h11,18-20H,3-10H2,1-2H3;1H/b15-13-;. The van der Waals surface area contributed by atoms with Crippen LogP contribution in [0.4, 0.5) is 0 Å². The smallest absolute Gasteiger partial charge is 0.199 e. The van der Waals surface area contributed by atoms with E-state index in [2.05, 4.69) is 5.32 Å². The average Bonchev–Trinajstić information content (AvgIpc) is 2.50. The summed E-state index contributed by atoms with van der Waals surface area (Å²) in [6.07, 6.45) is 5.40. The SMILES string of the molecule is COCCCNC1=C/C(=C(/C#N)C(C)(O)OCCO)CCC1.[HH]. The first-order valence-electron chi connectivity index (χ1n) is 7.59. The second-order valence-electron chi connectivity index (χ2n) is 5.36. The molecule has 0 fully saturated rings. The maximum Gasteiger partial charge on any atom is 0.199 e. The molecule has 1 aliphatic rings. The molecule has 0 aromatic heterocycles. The molecule has 0 aliphatic heterocycles. The summed E-state index contributed by atoms with van der Waals surface area (Å²) in [4.78, 5) is 0. The number of nitrogens with zero attached hydrogens (tertiary/aromatic N) is 1. The van der Waals surface area contributed by atoms with Crippen molar-refractivity contribution in [2.24, 2.45) is 0 Å². The van der Waals surface area contributed by atoms with E-state index < -0.39 is 5.79 Å². The highest BCUT2D eigenvalue weighted by atomic mass is 16.6. The molecule has 0 heterocycles. The molecule has 1 atom stereocenters. The van der Waals surface area contributed by atoms with Crippen molar-refractivity contribution in [2.45, 2.75) is 38.4 Å². The van der Waals surface area contributed by atoms with Gasteiger partial charge in [-0.15, -0.1) is 0 Å². The third-order valence-corrected chi connectivity index (χ3v) is 3.49. The minimum atomic E-state index is -1.68. The van der Waals surface area contributed by atoms with Crippen molar-refractivity contribution in [2.75, 3.05) is 33.5 Å².